The van der Waals surface area contributed by atoms with E-state index in [2.05, 4.69) is 26.6 Å². The smallest absolute Gasteiger partial charge is 0.131 e. The lowest BCUT2D eigenvalue weighted by Gasteiger charge is -2.57. The van der Waals surface area contributed by atoms with E-state index in [9.17, 15) is 0 Å². The minimum absolute atomic E-state index is 0.595. The number of hydrogen-bond acceptors (Lipinski definition) is 4. The molecule has 4 nitrogen and oxygen atoms in total. The molecule has 2 saturated heterocycles. The standard InChI is InChI=1S/C13H18N4/c1-2-10-11(3-5-16-12(10)15-4-1)17-8-13(9-17)6-14-7-13/h3,5,14H,1-2,4,6-9H2,(H,15,16). The first kappa shape index (κ1) is 9.71. The molecule has 2 N–H and O–H groups in total. The Hall–Kier alpha value is -1.29. The van der Waals surface area contributed by atoms with Gasteiger partial charge in [-0.15, -0.1) is 0 Å². The summed E-state index contributed by atoms with van der Waals surface area (Å²) in [5.74, 6) is 1.11. The maximum atomic E-state index is 4.44. The zero-order valence-electron chi connectivity index (χ0n) is 10.00. The molecule has 1 aromatic heterocycles. The maximum absolute atomic E-state index is 4.44. The van der Waals surface area contributed by atoms with Crippen LogP contribution in [-0.2, 0) is 6.42 Å². The quantitative estimate of drug-likeness (QED) is 0.750. The first-order valence-corrected chi connectivity index (χ1v) is 6.54. The number of pyridine rings is 1. The first-order valence-electron chi connectivity index (χ1n) is 6.54. The van der Waals surface area contributed by atoms with Gasteiger partial charge in [-0.05, 0) is 18.9 Å². The highest BCUT2D eigenvalue weighted by Crippen LogP contribution is 2.40. The Bertz CT molecular complexity index is 445. The summed E-state index contributed by atoms with van der Waals surface area (Å²) in [6.45, 7) is 5.91. The van der Waals surface area contributed by atoms with Gasteiger partial charge in [-0.3, -0.25) is 0 Å². The summed E-state index contributed by atoms with van der Waals surface area (Å²) in [6, 6.07) is 2.19. The number of rotatable bonds is 1. The lowest BCUT2D eigenvalue weighted by molar-refractivity contribution is 0.121. The summed E-state index contributed by atoms with van der Waals surface area (Å²) in [7, 11) is 0. The van der Waals surface area contributed by atoms with E-state index in [1.54, 1.807) is 0 Å². The minimum atomic E-state index is 0.595. The molecular formula is C13H18N4. The third kappa shape index (κ3) is 1.37. The molecule has 17 heavy (non-hydrogen) atoms. The molecule has 1 spiro atoms. The Morgan fingerprint density at radius 1 is 1.29 bits per heavy atom. The fourth-order valence-electron chi connectivity index (χ4n) is 3.29. The molecule has 4 heterocycles. The van der Waals surface area contributed by atoms with Gasteiger partial charge in [0, 0.05) is 55.6 Å². The fraction of sp³-hybridized carbons (Fsp3) is 0.615. The zero-order chi connectivity index (χ0) is 11.3. The Morgan fingerprint density at radius 3 is 2.94 bits per heavy atom. The highest BCUT2D eigenvalue weighted by Gasteiger charge is 2.48. The molecule has 3 aliphatic heterocycles. The normalized spacial score (nSPS) is 24.6. The average Bonchev–Trinajstić information content (AvgIpc) is 2.26. The first-order chi connectivity index (χ1) is 8.36. The van der Waals surface area contributed by atoms with E-state index in [-0.39, 0.29) is 0 Å². The average molecular weight is 230 g/mol. The number of fused-ring (bicyclic) bond motifs is 1. The number of nitrogens with zero attached hydrogens (tertiary/aromatic N) is 2. The molecule has 0 saturated carbocycles. The van der Waals surface area contributed by atoms with Crippen molar-refractivity contribution in [2.45, 2.75) is 12.8 Å². The number of nitrogens with one attached hydrogen (secondary N) is 2. The number of anilines is 2. The van der Waals surface area contributed by atoms with Crippen molar-refractivity contribution in [1.29, 1.82) is 0 Å². The summed E-state index contributed by atoms with van der Waals surface area (Å²) in [4.78, 5) is 6.96. The predicted molar refractivity (Wildman–Crippen MR) is 68.6 cm³/mol. The molecule has 0 radical (unpaired) electrons. The zero-order valence-corrected chi connectivity index (χ0v) is 10.00. The molecule has 4 heteroatoms. The van der Waals surface area contributed by atoms with Crippen molar-refractivity contribution in [3.05, 3.63) is 17.8 Å². The van der Waals surface area contributed by atoms with E-state index in [1.165, 1.54) is 50.3 Å². The third-order valence-corrected chi connectivity index (χ3v) is 4.32. The van der Waals surface area contributed by atoms with Crippen molar-refractivity contribution < 1.29 is 0 Å². The van der Waals surface area contributed by atoms with Crippen LogP contribution in [0.15, 0.2) is 12.3 Å². The van der Waals surface area contributed by atoms with Gasteiger partial charge in [0.25, 0.3) is 0 Å². The molecule has 1 aromatic rings. The Kier molecular flexibility index (Phi) is 1.92. The predicted octanol–water partition coefficient (Wildman–Crippen LogP) is 0.849. The van der Waals surface area contributed by atoms with E-state index in [0.717, 1.165) is 12.4 Å². The molecule has 0 atom stereocenters. The van der Waals surface area contributed by atoms with Crippen LogP contribution in [0.2, 0.25) is 0 Å². The van der Waals surface area contributed by atoms with Gasteiger partial charge in [-0.25, -0.2) is 4.98 Å². The molecule has 4 rings (SSSR count). The number of aromatic nitrogens is 1. The highest BCUT2D eigenvalue weighted by atomic mass is 15.3. The summed E-state index contributed by atoms with van der Waals surface area (Å²) in [5, 5.41) is 6.79. The van der Waals surface area contributed by atoms with Crippen molar-refractivity contribution >= 4 is 11.5 Å². The van der Waals surface area contributed by atoms with Gasteiger partial charge < -0.3 is 15.5 Å². The molecule has 90 valence electrons. The molecule has 3 aliphatic rings. The van der Waals surface area contributed by atoms with Crippen molar-refractivity contribution in [1.82, 2.24) is 10.3 Å². The second-order valence-corrected chi connectivity index (χ2v) is 5.65. The van der Waals surface area contributed by atoms with Crippen LogP contribution in [0.3, 0.4) is 0 Å². The van der Waals surface area contributed by atoms with Gasteiger partial charge in [0.2, 0.25) is 0 Å². The van der Waals surface area contributed by atoms with E-state index in [0.29, 0.717) is 5.41 Å². The Morgan fingerprint density at radius 2 is 2.18 bits per heavy atom. The molecular weight excluding hydrogens is 212 g/mol. The molecule has 0 amide bonds. The van der Waals surface area contributed by atoms with Gasteiger partial charge in [0.05, 0.1) is 0 Å². The van der Waals surface area contributed by atoms with E-state index >= 15 is 0 Å². The maximum Gasteiger partial charge on any atom is 0.131 e. The largest absolute Gasteiger partial charge is 0.370 e. The lowest BCUT2D eigenvalue weighted by Crippen LogP contribution is -2.71. The van der Waals surface area contributed by atoms with E-state index in [1.807, 2.05) is 6.20 Å². The van der Waals surface area contributed by atoms with Gasteiger partial charge in [-0.1, -0.05) is 0 Å². The highest BCUT2D eigenvalue weighted by molar-refractivity contribution is 5.65. The van der Waals surface area contributed by atoms with E-state index in [4.69, 9.17) is 0 Å². The van der Waals surface area contributed by atoms with Crippen LogP contribution in [0.1, 0.15) is 12.0 Å². The van der Waals surface area contributed by atoms with Gasteiger partial charge in [0.15, 0.2) is 0 Å². The minimum Gasteiger partial charge on any atom is -0.370 e. The van der Waals surface area contributed by atoms with Crippen LogP contribution < -0.4 is 15.5 Å². The SMILES string of the molecule is c1cc(N2CC3(CNC3)C2)c2c(n1)NCCC2. The second kappa shape index (κ2) is 3.35. The summed E-state index contributed by atoms with van der Waals surface area (Å²) in [6.07, 6.45) is 4.34. The monoisotopic (exact) mass is 230 g/mol. The topological polar surface area (TPSA) is 40.2 Å². The summed E-state index contributed by atoms with van der Waals surface area (Å²) in [5.41, 5.74) is 3.44. The molecule has 2 fully saturated rings. The Balaban J connectivity index is 1.61. The van der Waals surface area contributed by atoms with Crippen molar-refractivity contribution in [2.24, 2.45) is 5.41 Å². The van der Waals surface area contributed by atoms with Crippen molar-refractivity contribution in [3.63, 3.8) is 0 Å². The van der Waals surface area contributed by atoms with Gasteiger partial charge >= 0.3 is 0 Å². The van der Waals surface area contributed by atoms with Crippen molar-refractivity contribution in [3.8, 4) is 0 Å². The van der Waals surface area contributed by atoms with Crippen molar-refractivity contribution in [2.75, 3.05) is 42.9 Å². The molecule has 0 bridgehead atoms. The fourth-order valence-corrected chi connectivity index (χ4v) is 3.29. The van der Waals surface area contributed by atoms with Crippen LogP contribution in [0.25, 0.3) is 0 Å². The van der Waals surface area contributed by atoms with Crippen LogP contribution in [0, 0.1) is 5.41 Å². The summed E-state index contributed by atoms with van der Waals surface area (Å²) < 4.78 is 0. The van der Waals surface area contributed by atoms with Crippen LogP contribution >= 0.6 is 0 Å². The second-order valence-electron chi connectivity index (χ2n) is 5.65. The molecule has 0 aliphatic carbocycles. The van der Waals surface area contributed by atoms with Crippen LogP contribution in [-0.4, -0.2) is 37.7 Å². The van der Waals surface area contributed by atoms with Gasteiger partial charge in [0.1, 0.15) is 5.82 Å². The van der Waals surface area contributed by atoms with Crippen LogP contribution in [0.4, 0.5) is 11.5 Å². The van der Waals surface area contributed by atoms with Crippen LogP contribution in [0.5, 0.6) is 0 Å². The third-order valence-electron chi connectivity index (χ3n) is 4.32. The number of hydrogen-bond donors (Lipinski definition) is 2. The van der Waals surface area contributed by atoms with Gasteiger partial charge in [-0.2, -0.15) is 0 Å². The lowest BCUT2D eigenvalue weighted by atomic mass is 9.74. The molecule has 0 aromatic carbocycles. The molecule has 0 unspecified atom stereocenters. The summed E-state index contributed by atoms with van der Waals surface area (Å²) >= 11 is 0. The van der Waals surface area contributed by atoms with E-state index < -0.39 is 0 Å². The Labute approximate surface area is 101 Å².